The molecule has 0 fully saturated rings. The first-order chi connectivity index (χ1) is 13.6. The van der Waals surface area contributed by atoms with E-state index in [0.717, 1.165) is 0 Å². The number of methoxy groups -OCH3 is 1. The number of amides is 1. The van der Waals surface area contributed by atoms with E-state index < -0.39 is 18.7 Å². The second-order valence-electron chi connectivity index (χ2n) is 6.21. The number of ether oxygens (including phenoxy) is 3. The van der Waals surface area contributed by atoms with E-state index in [4.69, 9.17) is 14.7 Å². The quantitative estimate of drug-likeness (QED) is 0.727. The highest BCUT2D eigenvalue weighted by atomic mass is 19.4. The second kappa shape index (κ2) is 9.19. The van der Waals surface area contributed by atoms with Crippen molar-refractivity contribution in [3.63, 3.8) is 0 Å². The number of hydrogen-bond donors (Lipinski definition) is 1. The topological polar surface area (TPSA) is 80.6 Å². The van der Waals surface area contributed by atoms with Crippen LogP contribution >= 0.6 is 0 Å². The van der Waals surface area contributed by atoms with Crippen LogP contribution in [0.4, 0.5) is 18.9 Å². The number of benzene rings is 2. The Balaban J connectivity index is 2.17. The molecule has 0 aliphatic carbocycles. The predicted octanol–water partition coefficient (Wildman–Crippen LogP) is 4.55. The van der Waals surface area contributed by atoms with Gasteiger partial charge in [0.1, 0.15) is 11.8 Å². The van der Waals surface area contributed by atoms with Crippen LogP contribution in [0.25, 0.3) is 0 Å². The van der Waals surface area contributed by atoms with Crippen LogP contribution in [0, 0.1) is 11.3 Å². The van der Waals surface area contributed by atoms with Crippen molar-refractivity contribution in [1.29, 1.82) is 5.26 Å². The minimum Gasteiger partial charge on any atom is -0.493 e. The van der Waals surface area contributed by atoms with E-state index in [1.165, 1.54) is 31.4 Å². The molecule has 0 bridgehead atoms. The van der Waals surface area contributed by atoms with Crippen molar-refractivity contribution in [1.82, 2.24) is 0 Å². The molecule has 1 N–H and O–H groups in total. The summed E-state index contributed by atoms with van der Waals surface area (Å²) in [5, 5.41) is 11.7. The fourth-order valence-electron chi connectivity index (χ4n) is 2.34. The Hall–Kier alpha value is -3.41. The molecule has 0 unspecified atom stereocenters. The lowest BCUT2D eigenvalue weighted by Crippen LogP contribution is -2.19. The van der Waals surface area contributed by atoms with Gasteiger partial charge in [0.15, 0.2) is 18.1 Å². The van der Waals surface area contributed by atoms with Gasteiger partial charge in [0, 0.05) is 11.3 Å². The number of anilines is 1. The first-order valence-corrected chi connectivity index (χ1v) is 8.52. The van der Waals surface area contributed by atoms with Crippen molar-refractivity contribution < 1.29 is 32.2 Å². The van der Waals surface area contributed by atoms with Crippen molar-refractivity contribution in [3.8, 4) is 23.3 Å². The Kier molecular flexibility index (Phi) is 6.93. The van der Waals surface area contributed by atoms with E-state index in [1.807, 2.05) is 13.8 Å². The highest BCUT2D eigenvalue weighted by Crippen LogP contribution is 2.30. The standard InChI is InChI=1S/C20H19F3N2O4/c1-12(2)29-17-6-4-13(9-18(17)27-3)19(26)25-15-5-7-16(14(8-15)10-24)28-11-20(21,22)23/h4-9,12H,11H2,1-3H3,(H,25,26). The lowest BCUT2D eigenvalue weighted by molar-refractivity contribution is -0.153. The molecule has 0 saturated heterocycles. The van der Waals surface area contributed by atoms with Gasteiger partial charge in [-0.3, -0.25) is 4.79 Å². The van der Waals surface area contributed by atoms with Crippen molar-refractivity contribution in [3.05, 3.63) is 47.5 Å². The molecule has 0 saturated carbocycles. The maximum absolute atomic E-state index is 12.5. The molecule has 29 heavy (non-hydrogen) atoms. The van der Waals surface area contributed by atoms with Crippen LogP contribution in [-0.2, 0) is 0 Å². The summed E-state index contributed by atoms with van der Waals surface area (Å²) in [4.78, 5) is 12.5. The Morgan fingerprint density at radius 1 is 1.14 bits per heavy atom. The first-order valence-electron chi connectivity index (χ1n) is 8.52. The molecule has 0 aliphatic heterocycles. The van der Waals surface area contributed by atoms with Crippen LogP contribution in [0.5, 0.6) is 17.2 Å². The monoisotopic (exact) mass is 408 g/mol. The Morgan fingerprint density at radius 2 is 1.83 bits per heavy atom. The van der Waals surface area contributed by atoms with Crippen LogP contribution < -0.4 is 19.5 Å². The van der Waals surface area contributed by atoms with Crippen LogP contribution in [0.2, 0.25) is 0 Å². The van der Waals surface area contributed by atoms with Gasteiger partial charge in [-0.15, -0.1) is 0 Å². The van der Waals surface area contributed by atoms with Crippen molar-refractivity contribution in [2.75, 3.05) is 19.0 Å². The molecular weight excluding hydrogens is 389 g/mol. The summed E-state index contributed by atoms with van der Waals surface area (Å²) in [6, 6.07) is 10.2. The number of hydrogen-bond acceptors (Lipinski definition) is 5. The molecule has 2 rings (SSSR count). The van der Waals surface area contributed by atoms with Gasteiger partial charge in [-0.05, 0) is 50.2 Å². The van der Waals surface area contributed by atoms with Crippen molar-refractivity contribution in [2.45, 2.75) is 26.1 Å². The minimum absolute atomic E-state index is 0.0777. The molecule has 1 amide bonds. The van der Waals surface area contributed by atoms with Gasteiger partial charge in [0.05, 0.1) is 18.8 Å². The summed E-state index contributed by atoms with van der Waals surface area (Å²) in [6.07, 6.45) is -4.60. The molecule has 154 valence electrons. The molecule has 0 spiro atoms. The highest BCUT2D eigenvalue weighted by molar-refractivity contribution is 6.04. The zero-order chi connectivity index (χ0) is 21.6. The van der Waals surface area contributed by atoms with Gasteiger partial charge >= 0.3 is 6.18 Å². The van der Waals surface area contributed by atoms with Gasteiger partial charge in [0.25, 0.3) is 5.91 Å². The predicted molar refractivity (Wildman–Crippen MR) is 99.4 cm³/mol. The Labute approximate surface area is 165 Å². The van der Waals surface area contributed by atoms with Crippen molar-refractivity contribution >= 4 is 11.6 Å². The molecule has 2 aromatic carbocycles. The average Bonchev–Trinajstić information content (AvgIpc) is 2.65. The Bertz CT molecular complexity index is 921. The highest BCUT2D eigenvalue weighted by Gasteiger charge is 2.29. The molecule has 0 heterocycles. The number of carbonyl (C=O) groups is 1. The third-order valence-electron chi connectivity index (χ3n) is 3.54. The molecule has 2 aromatic rings. The van der Waals surface area contributed by atoms with Gasteiger partial charge < -0.3 is 19.5 Å². The van der Waals surface area contributed by atoms with Gasteiger partial charge in [0.2, 0.25) is 0 Å². The maximum atomic E-state index is 12.5. The van der Waals surface area contributed by atoms with Crippen LogP contribution in [0.1, 0.15) is 29.8 Å². The molecule has 9 heteroatoms. The molecule has 0 atom stereocenters. The molecule has 0 aliphatic rings. The van der Waals surface area contributed by atoms with E-state index in [9.17, 15) is 18.0 Å². The number of nitriles is 1. The number of halogens is 3. The van der Waals surface area contributed by atoms with Crippen LogP contribution in [0.3, 0.4) is 0 Å². The maximum Gasteiger partial charge on any atom is 0.422 e. The van der Waals surface area contributed by atoms with Gasteiger partial charge in [-0.2, -0.15) is 18.4 Å². The van der Waals surface area contributed by atoms with Crippen LogP contribution in [-0.4, -0.2) is 31.9 Å². The van der Waals surface area contributed by atoms with E-state index in [0.29, 0.717) is 11.5 Å². The zero-order valence-corrected chi connectivity index (χ0v) is 16.0. The summed E-state index contributed by atoms with van der Waals surface area (Å²) in [5.74, 6) is 0.142. The molecule has 6 nitrogen and oxygen atoms in total. The number of rotatable bonds is 7. The SMILES string of the molecule is COc1cc(C(=O)Nc2ccc(OCC(F)(F)F)c(C#N)c2)ccc1OC(C)C. The second-order valence-corrected chi connectivity index (χ2v) is 6.21. The van der Waals surface area contributed by atoms with Gasteiger partial charge in [-0.1, -0.05) is 0 Å². The third kappa shape index (κ3) is 6.31. The minimum atomic E-state index is -4.52. The largest absolute Gasteiger partial charge is 0.493 e. The average molecular weight is 408 g/mol. The van der Waals surface area contributed by atoms with E-state index in [1.54, 1.807) is 18.2 Å². The molecule has 0 aromatic heterocycles. The lowest BCUT2D eigenvalue weighted by Gasteiger charge is -2.15. The van der Waals surface area contributed by atoms with E-state index >= 15 is 0 Å². The third-order valence-corrected chi connectivity index (χ3v) is 3.54. The summed E-state index contributed by atoms with van der Waals surface area (Å²) in [5.41, 5.74) is 0.367. The summed E-state index contributed by atoms with van der Waals surface area (Å²) in [7, 11) is 1.45. The normalized spacial score (nSPS) is 11.0. The Morgan fingerprint density at radius 3 is 2.41 bits per heavy atom. The summed E-state index contributed by atoms with van der Waals surface area (Å²) >= 11 is 0. The van der Waals surface area contributed by atoms with Crippen molar-refractivity contribution in [2.24, 2.45) is 0 Å². The molecule has 0 radical (unpaired) electrons. The van der Waals surface area contributed by atoms with Crippen LogP contribution in [0.15, 0.2) is 36.4 Å². The van der Waals surface area contributed by atoms with E-state index in [-0.39, 0.29) is 28.7 Å². The smallest absolute Gasteiger partial charge is 0.422 e. The fourth-order valence-corrected chi connectivity index (χ4v) is 2.34. The first kappa shape index (κ1) is 21.9. The fraction of sp³-hybridized carbons (Fsp3) is 0.300. The number of carbonyl (C=O) groups excluding carboxylic acids is 1. The number of nitrogens with zero attached hydrogens (tertiary/aromatic N) is 1. The lowest BCUT2D eigenvalue weighted by atomic mass is 10.1. The number of nitrogens with one attached hydrogen (secondary N) is 1. The van der Waals surface area contributed by atoms with Gasteiger partial charge in [-0.25, -0.2) is 0 Å². The van der Waals surface area contributed by atoms with E-state index in [2.05, 4.69) is 10.1 Å². The number of alkyl halides is 3. The summed E-state index contributed by atoms with van der Waals surface area (Å²) in [6.45, 7) is 2.20. The molecular formula is C20H19F3N2O4. The summed E-state index contributed by atoms with van der Waals surface area (Å²) < 4.78 is 52.3. The zero-order valence-electron chi connectivity index (χ0n) is 16.0.